The Morgan fingerprint density at radius 2 is 1.94 bits per heavy atom. The zero-order valence-corrected chi connectivity index (χ0v) is 11.3. The van der Waals surface area contributed by atoms with Gasteiger partial charge in [-0.25, -0.2) is 4.39 Å². The fraction of sp³-hybridized carbons (Fsp3) is 0.538. The van der Waals surface area contributed by atoms with E-state index in [9.17, 15) is 9.50 Å². The molecule has 16 heavy (non-hydrogen) atoms. The van der Waals surface area contributed by atoms with Gasteiger partial charge in [-0.05, 0) is 30.0 Å². The Morgan fingerprint density at radius 1 is 1.31 bits per heavy atom. The van der Waals surface area contributed by atoms with Gasteiger partial charge < -0.3 is 5.11 Å². The SMILES string of the molecule is CCC(CC)CC(O)c1ccc(F)cc1Br. The third-order valence-electron chi connectivity index (χ3n) is 3.03. The Hall–Kier alpha value is -0.410. The van der Waals surface area contributed by atoms with Crippen molar-refractivity contribution in [2.24, 2.45) is 5.92 Å². The molecule has 0 fully saturated rings. The van der Waals surface area contributed by atoms with Gasteiger partial charge in [0.2, 0.25) is 0 Å². The largest absolute Gasteiger partial charge is 0.388 e. The number of aliphatic hydroxyl groups is 1. The van der Waals surface area contributed by atoms with E-state index in [1.54, 1.807) is 6.07 Å². The standard InChI is InChI=1S/C13H18BrFO/c1-3-9(4-2)7-13(16)11-6-5-10(15)8-12(11)14/h5-6,8-9,13,16H,3-4,7H2,1-2H3. The van der Waals surface area contributed by atoms with Gasteiger partial charge in [0.05, 0.1) is 6.10 Å². The minimum Gasteiger partial charge on any atom is -0.388 e. The minimum absolute atomic E-state index is 0.287. The first-order valence-electron chi connectivity index (χ1n) is 5.71. The highest BCUT2D eigenvalue weighted by atomic mass is 79.9. The predicted molar refractivity (Wildman–Crippen MR) is 67.7 cm³/mol. The maximum Gasteiger partial charge on any atom is 0.124 e. The van der Waals surface area contributed by atoms with Gasteiger partial charge in [-0.1, -0.05) is 48.7 Å². The molecule has 0 heterocycles. The number of rotatable bonds is 5. The van der Waals surface area contributed by atoms with Crippen molar-refractivity contribution in [3.8, 4) is 0 Å². The van der Waals surface area contributed by atoms with Gasteiger partial charge in [-0.2, -0.15) is 0 Å². The van der Waals surface area contributed by atoms with Crippen LogP contribution in [0, 0.1) is 11.7 Å². The van der Waals surface area contributed by atoms with E-state index in [1.165, 1.54) is 12.1 Å². The molecule has 3 heteroatoms. The van der Waals surface area contributed by atoms with Crippen LogP contribution in [0.25, 0.3) is 0 Å². The van der Waals surface area contributed by atoms with Gasteiger partial charge in [-0.15, -0.1) is 0 Å². The second kappa shape index (κ2) is 6.36. The zero-order chi connectivity index (χ0) is 12.1. The maximum absolute atomic E-state index is 12.9. The normalized spacial score (nSPS) is 13.1. The van der Waals surface area contributed by atoms with E-state index < -0.39 is 6.10 Å². The molecule has 0 radical (unpaired) electrons. The quantitative estimate of drug-likeness (QED) is 0.849. The zero-order valence-electron chi connectivity index (χ0n) is 9.71. The highest BCUT2D eigenvalue weighted by Crippen LogP contribution is 2.30. The Morgan fingerprint density at radius 3 is 2.44 bits per heavy atom. The van der Waals surface area contributed by atoms with E-state index in [1.807, 2.05) is 0 Å². The van der Waals surface area contributed by atoms with Gasteiger partial charge in [0.15, 0.2) is 0 Å². The van der Waals surface area contributed by atoms with Crippen LogP contribution < -0.4 is 0 Å². The molecule has 1 aromatic rings. The molecule has 1 aromatic carbocycles. The molecule has 0 saturated heterocycles. The topological polar surface area (TPSA) is 20.2 Å². The fourth-order valence-electron chi connectivity index (χ4n) is 1.84. The predicted octanol–water partition coefficient (Wildman–Crippen LogP) is 4.45. The summed E-state index contributed by atoms with van der Waals surface area (Å²) >= 11 is 3.28. The summed E-state index contributed by atoms with van der Waals surface area (Å²) in [6, 6.07) is 4.42. The molecule has 0 saturated carbocycles. The molecule has 0 bridgehead atoms. The van der Waals surface area contributed by atoms with Gasteiger partial charge in [0.1, 0.15) is 5.82 Å². The first-order valence-corrected chi connectivity index (χ1v) is 6.50. The first-order chi connectivity index (χ1) is 7.58. The molecule has 1 nitrogen and oxygen atoms in total. The smallest absolute Gasteiger partial charge is 0.124 e. The highest BCUT2D eigenvalue weighted by Gasteiger charge is 2.16. The molecule has 0 aliphatic carbocycles. The van der Waals surface area contributed by atoms with Crippen molar-refractivity contribution in [3.05, 3.63) is 34.1 Å². The second-order valence-electron chi connectivity index (χ2n) is 4.10. The van der Waals surface area contributed by atoms with Crippen molar-refractivity contribution in [1.82, 2.24) is 0 Å². The number of hydrogen-bond acceptors (Lipinski definition) is 1. The molecule has 0 aliphatic heterocycles. The summed E-state index contributed by atoms with van der Waals surface area (Å²) in [6.45, 7) is 4.25. The first kappa shape index (κ1) is 13.7. The summed E-state index contributed by atoms with van der Waals surface area (Å²) < 4.78 is 13.5. The summed E-state index contributed by atoms with van der Waals surface area (Å²) in [6.07, 6.45) is 2.34. The van der Waals surface area contributed by atoms with Crippen molar-refractivity contribution >= 4 is 15.9 Å². The van der Waals surface area contributed by atoms with Crippen LogP contribution in [-0.4, -0.2) is 5.11 Å². The third-order valence-corrected chi connectivity index (χ3v) is 3.72. The molecule has 0 spiro atoms. The van der Waals surface area contributed by atoms with E-state index in [4.69, 9.17) is 0 Å². The Balaban J connectivity index is 2.76. The summed E-state index contributed by atoms with van der Waals surface area (Å²) in [5.74, 6) is 0.234. The maximum atomic E-state index is 12.9. The van der Waals surface area contributed by atoms with Gasteiger partial charge >= 0.3 is 0 Å². The van der Waals surface area contributed by atoms with Crippen LogP contribution in [0.1, 0.15) is 44.8 Å². The minimum atomic E-state index is -0.514. The Kier molecular flexibility index (Phi) is 5.42. The molecule has 1 atom stereocenters. The summed E-state index contributed by atoms with van der Waals surface area (Å²) in [7, 11) is 0. The fourth-order valence-corrected chi connectivity index (χ4v) is 2.45. The van der Waals surface area contributed by atoms with Crippen LogP contribution in [0.4, 0.5) is 4.39 Å². The number of hydrogen-bond donors (Lipinski definition) is 1. The van der Waals surface area contributed by atoms with Crippen molar-refractivity contribution in [1.29, 1.82) is 0 Å². The van der Waals surface area contributed by atoms with E-state index in [0.717, 1.165) is 24.8 Å². The molecule has 1 unspecified atom stereocenters. The van der Waals surface area contributed by atoms with Crippen LogP contribution in [0.15, 0.2) is 22.7 Å². The van der Waals surface area contributed by atoms with Gasteiger partial charge in [0.25, 0.3) is 0 Å². The van der Waals surface area contributed by atoms with Gasteiger partial charge in [-0.3, -0.25) is 0 Å². The third kappa shape index (κ3) is 3.56. The van der Waals surface area contributed by atoms with E-state index in [2.05, 4.69) is 29.8 Å². The second-order valence-corrected chi connectivity index (χ2v) is 4.95. The van der Waals surface area contributed by atoms with Gasteiger partial charge in [0, 0.05) is 4.47 Å². The average Bonchev–Trinajstić information content (AvgIpc) is 2.25. The van der Waals surface area contributed by atoms with Crippen molar-refractivity contribution in [3.63, 3.8) is 0 Å². The summed E-state index contributed by atoms with van der Waals surface area (Å²) in [4.78, 5) is 0. The highest BCUT2D eigenvalue weighted by molar-refractivity contribution is 9.10. The Bertz CT molecular complexity index is 337. The number of benzene rings is 1. The van der Waals surface area contributed by atoms with Crippen LogP contribution in [0.2, 0.25) is 0 Å². The van der Waals surface area contributed by atoms with Crippen LogP contribution in [-0.2, 0) is 0 Å². The Labute approximate surface area is 105 Å². The molecule has 90 valence electrons. The molecule has 0 aliphatic rings. The molecule has 1 N–H and O–H groups in total. The average molecular weight is 289 g/mol. The molecule has 0 aromatic heterocycles. The van der Waals surface area contributed by atoms with Crippen molar-refractivity contribution < 1.29 is 9.50 Å². The lowest BCUT2D eigenvalue weighted by molar-refractivity contribution is 0.140. The molecule has 1 rings (SSSR count). The van der Waals surface area contributed by atoms with Crippen molar-refractivity contribution in [2.75, 3.05) is 0 Å². The van der Waals surface area contributed by atoms with E-state index in [-0.39, 0.29) is 5.82 Å². The van der Waals surface area contributed by atoms with Crippen molar-refractivity contribution in [2.45, 2.75) is 39.2 Å². The lowest BCUT2D eigenvalue weighted by Gasteiger charge is -2.18. The molecule has 0 amide bonds. The summed E-state index contributed by atoms with van der Waals surface area (Å²) in [5, 5.41) is 10.1. The van der Waals surface area contributed by atoms with E-state index >= 15 is 0 Å². The lowest BCUT2D eigenvalue weighted by Crippen LogP contribution is -2.06. The molecular formula is C13H18BrFO. The van der Waals surface area contributed by atoms with E-state index in [0.29, 0.717) is 10.4 Å². The summed E-state index contributed by atoms with van der Waals surface area (Å²) in [5.41, 5.74) is 0.772. The number of halogens is 2. The lowest BCUT2D eigenvalue weighted by atomic mass is 9.93. The van der Waals surface area contributed by atoms with Crippen LogP contribution >= 0.6 is 15.9 Å². The van der Waals surface area contributed by atoms with Crippen LogP contribution in [0.3, 0.4) is 0 Å². The number of aliphatic hydroxyl groups excluding tert-OH is 1. The van der Waals surface area contributed by atoms with Crippen LogP contribution in [0.5, 0.6) is 0 Å². The monoisotopic (exact) mass is 288 g/mol. The molecular weight excluding hydrogens is 271 g/mol.